The predicted octanol–water partition coefficient (Wildman–Crippen LogP) is 2.18. The van der Waals surface area contributed by atoms with Gasteiger partial charge in [-0.1, -0.05) is 6.07 Å². The van der Waals surface area contributed by atoms with E-state index < -0.39 is 12.0 Å². The molecule has 3 rings (SSSR count). The highest BCUT2D eigenvalue weighted by atomic mass is 16.5. The lowest BCUT2D eigenvalue weighted by Crippen LogP contribution is -2.37. The van der Waals surface area contributed by atoms with Gasteiger partial charge >= 0.3 is 5.97 Å². The van der Waals surface area contributed by atoms with Gasteiger partial charge < -0.3 is 25.9 Å². The van der Waals surface area contributed by atoms with E-state index in [4.69, 9.17) is 10.1 Å². The van der Waals surface area contributed by atoms with E-state index in [1.165, 1.54) is 12.1 Å². The molecule has 1 heterocycles. The lowest BCUT2D eigenvalue weighted by Gasteiger charge is -2.12. The molecule has 0 radical (unpaired) electrons. The van der Waals surface area contributed by atoms with E-state index in [2.05, 4.69) is 10.6 Å². The first-order valence-electron chi connectivity index (χ1n) is 7.75. The zero-order valence-corrected chi connectivity index (χ0v) is 13.3. The topological polar surface area (TPSA) is 112 Å². The number of rotatable bonds is 5. The molecule has 2 aromatic carbocycles. The van der Waals surface area contributed by atoms with Crippen molar-refractivity contribution in [2.45, 2.75) is 12.5 Å². The number of ether oxygens (including phenoxy) is 1. The zero-order valence-electron chi connectivity index (χ0n) is 13.3. The van der Waals surface area contributed by atoms with Crippen LogP contribution in [0.1, 0.15) is 22.3 Å². The number of benzene rings is 2. The first-order valence-corrected chi connectivity index (χ1v) is 7.75. The minimum Gasteiger partial charge on any atom is -0.508 e. The Hall–Kier alpha value is -3.35. The summed E-state index contributed by atoms with van der Waals surface area (Å²) in [4.78, 5) is 23.8. The van der Waals surface area contributed by atoms with Crippen LogP contribution in [0.5, 0.6) is 5.75 Å². The van der Waals surface area contributed by atoms with Crippen molar-refractivity contribution in [2.75, 3.05) is 11.9 Å². The number of aromatic hydroxyl groups is 1. The van der Waals surface area contributed by atoms with Crippen molar-refractivity contribution in [2.24, 2.45) is 0 Å². The molecule has 0 bridgehead atoms. The fourth-order valence-electron chi connectivity index (χ4n) is 2.55. The number of phenolic OH excluding ortho intramolecular Hbond substituents is 1. The van der Waals surface area contributed by atoms with Gasteiger partial charge in [0.25, 0.3) is 5.91 Å². The number of carbonyl (C=O) groups excluding carboxylic acids is 2. The molecule has 7 nitrogen and oxygen atoms in total. The molecule has 1 amide bonds. The Balaban J connectivity index is 1.76. The molecule has 0 saturated carbocycles. The summed E-state index contributed by atoms with van der Waals surface area (Å²) in [7, 11) is 0. The highest BCUT2D eigenvalue weighted by Crippen LogP contribution is 2.24. The zero-order chi connectivity index (χ0) is 17.8. The van der Waals surface area contributed by atoms with E-state index in [0.29, 0.717) is 35.5 Å². The summed E-state index contributed by atoms with van der Waals surface area (Å²) >= 11 is 0. The van der Waals surface area contributed by atoms with E-state index in [9.17, 15) is 14.7 Å². The second-order valence-electron chi connectivity index (χ2n) is 5.60. The lowest BCUT2D eigenvalue weighted by molar-refractivity contribution is -0.139. The van der Waals surface area contributed by atoms with Gasteiger partial charge in [-0.3, -0.25) is 4.79 Å². The molecular formula is C18H17N3O4. The van der Waals surface area contributed by atoms with Crippen molar-refractivity contribution < 1.29 is 19.4 Å². The van der Waals surface area contributed by atoms with Gasteiger partial charge in [0, 0.05) is 35.1 Å². The van der Waals surface area contributed by atoms with Crippen LogP contribution in [0.4, 0.5) is 11.4 Å². The van der Waals surface area contributed by atoms with Crippen LogP contribution in [0.25, 0.3) is 0 Å². The van der Waals surface area contributed by atoms with E-state index in [1.54, 1.807) is 30.3 Å². The molecule has 0 spiro atoms. The van der Waals surface area contributed by atoms with Gasteiger partial charge in [-0.05, 0) is 36.4 Å². The molecule has 1 saturated heterocycles. The van der Waals surface area contributed by atoms with E-state index in [1.807, 2.05) is 0 Å². The number of amides is 1. The van der Waals surface area contributed by atoms with Crippen LogP contribution in [0, 0.1) is 5.41 Å². The molecule has 25 heavy (non-hydrogen) atoms. The molecule has 0 unspecified atom stereocenters. The number of hydrogen-bond acceptors (Lipinski definition) is 6. The molecular weight excluding hydrogens is 322 g/mol. The van der Waals surface area contributed by atoms with Crippen molar-refractivity contribution in [3.05, 3.63) is 53.6 Å². The van der Waals surface area contributed by atoms with Crippen molar-refractivity contribution in [3.8, 4) is 5.75 Å². The third-order valence-electron chi connectivity index (χ3n) is 3.84. The summed E-state index contributed by atoms with van der Waals surface area (Å²) in [5, 5.41) is 22.7. The van der Waals surface area contributed by atoms with Crippen LogP contribution >= 0.6 is 0 Å². The van der Waals surface area contributed by atoms with Crippen molar-refractivity contribution >= 4 is 29.5 Å². The Kier molecular flexibility index (Phi) is 4.65. The fraction of sp³-hybridized carbons (Fsp3) is 0.167. The van der Waals surface area contributed by atoms with Crippen LogP contribution < -0.4 is 10.6 Å². The summed E-state index contributed by atoms with van der Waals surface area (Å²) in [6.45, 7) is 0.318. The standard InChI is InChI=1S/C18H17N3O4/c19-10-12-9-14(22)4-5-15(12)20-13-3-1-2-11(8-13)17(23)21-16-6-7-25-18(16)24/h1-5,8-10,16,19-20,22H,6-7H2,(H,21,23)/t16-/m1/s1. The molecule has 1 fully saturated rings. The maximum absolute atomic E-state index is 12.3. The first kappa shape index (κ1) is 16.5. The van der Waals surface area contributed by atoms with Gasteiger partial charge in [-0.15, -0.1) is 0 Å². The quantitative estimate of drug-likeness (QED) is 0.379. The third-order valence-corrected chi connectivity index (χ3v) is 3.84. The molecule has 2 aromatic rings. The number of hydrogen-bond donors (Lipinski definition) is 4. The average molecular weight is 339 g/mol. The third kappa shape index (κ3) is 3.77. The average Bonchev–Trinajstić information content (AvgIpc) is 3.01. The largest absolute Gasteiger partial charge is 0.508 e. The Morgan fingerprint density at radius 2 is 2.12 bits per heavy atom. The van der Waals surface area contributed by atoms with E-state index >= 15 is 0 Å². The smallest absolute Gasteiger partial charge is 0.328 e. The van der Waals surface area contributed by atoms with Gasteiger partial charge in [0.05, 0.1) is 6.61 Å². The first-order chi connectivity index (χ1) is 12.1. The minimum absolute atomic E-state index is 0.0700. The highest BCUT2D eigenvalue weighted by Gasteiger charge is 2.28. The molecule has 1 aliphatic heterocycles. The number of anilines is 2. The van der Waals surface area contributed by atoms with Crippen molar-refractivity contribution in [3.63, 3.8) is 0 Å². The maximum Gasteiger partial charge on any atom is 0.328 e. The summed E-state index contributed by atoms with van der Waals surface area (Å²) < 4.78 is 4.83. The molecule has 128 valence electrons. The summed E-state index contributed by atoms with van der Waals surface area (Å²) in [5.41, 5.74) is 2.20. The summed E-state index contributed by atoms with van der Waals surface area (Å²) in [6.07, 6.45) is 1.60. The molecule has 1 atom stereocenters. The second-order valence-corrected chi connectivity index (χ2v) is 5.60. The summed E-state index contributed by atoms with van der Waals surface area (Å²) in [5.74, 6) is -0.701. The SMILES string of the molecule is N=Cc1cc(O)ccc1Nc1cccc(C(=O)N[C@@H]2CCOC2=O)c1. The second kappa shape index (κ2) is 7.04. The number of cyclic esters (lactones) is 1. The number of phenols is 1. The normalized spacial score (nSPS) is 16.2. The lowest BCUT2D eigenvalue weighted by atomic mass is 10.1. The van der Waals surface area contributed by atoms with Crippen LogP contribution in [0.3, 0.4) is 0 Å². The predicted molar refractivity (Wildman–Crippen MR) is 92.5 cm³/mol. The molecule has 7 heteroatoms. The minimum atomic E-state index is -0.606. The van der Waals surface area contributed by atoms with Gasteiger partial charge in [0.2, 0.25) is 0 Å². The van der Waals surface area contributed by atoms with Gasteiger partial charge in [0.1, 0.15) is 11.8 Å². The van der Waals surface area contributed by atoms with Crippen LogP contribution in [0.15, 0.2) is 42.5 Å². The van der Waals surface area contributed by atoms with Crippen molar-refractivity contribution in [1.29, 1.82) is 5.41 Å². The Bertz CT molecular complexity index is 835. The van der Waals surface area contributed by atoms with Crippen LogP contribution in [-0.4, -0.2) is 35.8 Å². The molecule has 4 N–H and O–H groups in total. The van der Waals surface area contributed by atoms with Gasteiger partial charge in [0.15, 0.2) is 0 Å². The summed E-state index contributed by atoms with van der Waals surface area (Å²) in [6, 6.07) is 10.8. The van der Waals surface area contributed by atoms with Crippen LogP contribution in [-0.2, 0) is 9.53 Å². The molecule has 0 aromatic heterocycles. The van der Waals surface area contributed by atoms with E-state index in [0.717, 1.165) is 6.21 Å². The van der Waals surface area contributed by atoms with E-state index in [-0.39, 0.29) is 11.7 Å². The fourth-order valence-corrected chi connectivity index (χ4v) is 2.55. The number of esters is 1. The van der Waals surface area contributed by atoms with Gasteiger partial charge in [-0.25, -0.2) is 4.79 Å². The Labute approximate surface area is 144 Å². The van der Waals surface area contributed by atoms with Crippen LogP contribution in [0.2, 0.25) is 0 Å². The molecule has 1 aliphatic rings. The number of nitrogens with one attached hydrogen (secondary N) is 3. The Morgan fingerprint density at radius 3 is 2.84 bits per heavy atom. The van der Waals surface area contributed by atoms with Crippen molar-refractivity contribution in [1.82, 2.24) is 5.32 Å². The number of carbonyl (C=O) groups is 2. The Morgan fingerprint density at radius 1 is 1.28 bits per heavy atom. The highest BCUT2D eigenvalue weighted by molar-refractivity contribution is 5.98. The monoisotopic (exact) mass is 339 g/mol. The molecule has 0 aliphatic carbocycles. The maximum atomic E-state index is 12.3. The van der Waals surface area contributed by atoms with Gasteiger partial charge in [-0.2, -0.15) is 0 Å².